The lowest BCUT2D eigenvalue weighted by Gasteiger charge is -2.30. The lowest BCUT2D eigenvalue weighted by atomic mass is 9.88. The minimum atomic E-state index is 0.251. The molecule has 2 rings (SSSR count). The molecule has 2 heteroatoms. The van der Waals surface area contributed by atoms with E-state index < -0.39 is 0 Å². The second-order valence-electron chi connectivity index (χ2n) is 9.64. The molecule has 1 saturated carbocycles. The lowest BCUT2D eigenvalue weighted by Crippen LogP contribution is -2.43. The molecule has 1 fully saturated rings. The molecule has 0 amide bonds. The summed E-state index contributed by atoms with van der Waals surface area (Å²) in [5.74, 6) is 0.881. The molecule has 0 heterocycles. The molecule has 0 saturated heterocycles. The van der Waals surface area contributed by atoms with Gasteiger partial charge in [-0.25, -0.2) is 0 Å². The van der Waals surface area contributed by atoms with Gasteiger partial charge in [-0.3, -0.25) is 0 Å². The van der Waals surface area contributed by atoms with Gasteiger partial charge in [-0.2, -0.15) is 0 Å². The molecule has 0 aliphatic heterocycles. The average Bonchev–Trinajstić information content (AvgIpc) is 2.83. The Morgan fingerprint density at radius 2 is 1.87 bits per heavy atom. The molecule has 2 aliphatic carbocycles. The Morgan fingerprint density at radius 1 is 1.09 bits per heavy atom. The van der Waals surface area contributed by atoms with Crippen LogP contribution in [0.4, 0.5) is 0 Å². The van der Waals surface area contributed by atoms with Gasteiger partial charge < -0.3 is 10.6 Å². The molecule has 0 radical (unpaired) electrons. The van der Waals surface area contributed by atoms with Gasteiger partial charge in [-0.15, -0.1) is 0 Å². The number of rotatable bonds is 7. The van der Waals surface area contributed by atoms with E-state index in [1.54, 1.807) is 5.57 Å². The Kier molecular flexibility index (Phi) is 6.74. The van der Waals surface area contributed by atoms with Gasteiger partial charge in [0, 0.05) is 17.1 Å². The number of allylic oxidation sites excluding steroid dienone is 1. The quantitative estimate of drug-likeness (QED) is 0.631. The summed E-state index contributed by atoms with van der Waals surface area (Å²) in [6, 6.07) is 0.725. The Bertz CT molecular complexity index is 389. The molecule has 23 heavy (non-hydrogen) atoms. The summed E-state index contributed by atoms with van der Waals surface area (Å²) in [5.41, 5.74) is 2.22. The fraction of sp³-hybridized carbons (Fsp3) is 0.905. The molecule has 134 valence electrons. The van der Waals surface area contributed by atoms with E-state index in [0.29, 0.717) is 0 Å². The van der Waals surface area contributed by atoms with E-state index in [1.165, 1.54) is 57.8 Å². The minimum Gasteiger partial charge on any atom is -0.311 e. The monoisotopic (exact) mass is 320 g/mol. The number of hydrogen-bond acceptors (Lipinski definition) is 2. The van der Waals surface area contributed by atoms with Crippen molar-refractivity contribution in [2.75, 3.05) is 6.54 Å². The molecule has 0 spiro atoms. The highest BCUT2D eigenvalue weighted by atomic mass is 15.0. The van der Waals surface area contributed by atoms with Gasteiger partial charge in [0.05, 0.1) is 0 Å². The van der Waals surface area contributed by atoms with Crippen LogP contribution in [0.1, 0.15) is 92.4 Å². The minimum absolute atomic E-state index is 0.251. The zero-order chi connectivity index (χ0) is 16.9. The standard InChI is InChI=1S/C21H40N2/c1-20(2,3)23-19-12-11-18(15-19)16-21(4,5)22-14-13-17-9-7-6-8-10-17/h9,18-19,22-23H,6-8,10-16H2,1-5H3. The van der Waals surface area contributed by atoms with Gasteiger partial charge in [0.1, 0.15) is 0 Å². The molecular formula is C21H40N2. The SMILES string of the molecule is CC(C)(C)NC1CCC(CC(C)(C)NCCC2=CCCCC2)C1. The molecule has 2 unspecified atom stereocenters. The topological polar surface area (TPSA) is 24.1 Å². The largest absolute Gasteiger partial charge is 0.311 e. The summed E-state index contributed by atoms with van der Waals surface area (Å²) >= 11 is 0. The van der Waals surface area contributed by atoms with Crippen LogP contribution in [0.2, 0.25) is 0 Å². The van der Waals surface area contributed by atoms with Crippen molar-refractivity contribution in [3.63, 3.8) is 0 Å². The molecule has 0 aromatic heterocycles. The Balaban J connectivity index is 1.68. The van der Waals surface area contributed by atoms with Crippen molar-refractivity contribution in [2.24, 2.45) is 5.92 Å². The normalized spacial score (nSPS) is 26.4. The Morgan fingerprint density at radius 3 is 2.52 bits per heavy atom. The predicted molar refractivity (Wildman–Crippen MR) is 102 cm³/mol. The first-order valence-electron chi connectivity index (χ1n) is 9.94. The van der Waals surface area contributed by atoms with Crippen molar-refractivity contribution in [1.82, 2.24) is 10.6 Å². The highest BCUT2D eigenvalue weighted by Crippen LogP contribution is 2.33. The van der Waals surface area contributed by atoms with Crippen molar-refractivity contribution in [3.05, 3.63) is 11.6 Å². The van der Waals surface area contributed by atoms with Crippen LogP contribution in [0.15, 0.2) is 11.6 Å². The molecule has 0 aromatic rings. The van der Waals surface area contributed by atoms with Crippen molar-refractivity contribution >= 4 is 0 Å². The van der Waals surface area contributed by atoms with Crippen molar-refractivity contribution in [2.45, 2.75) is 110 Å². The van der Waals surface area contributed by atoms with Gasteiger partial charge in [-0.1, -0.05) is 11.6 Å². The summed E-state index contributed by atoms with van der Waals surface area (Å²) in [4.78, 5) is 0. The zero-order valence-electron chi connectivity index (χ0n) is 16.3. The van der Waals surface area contributed by atoms with Crippen LogP contribution in [0.25, 0.3) is 0 Å². The van der Waals surface area contributed by atoms with E-state index in [2.05, 4.69) is 51.3 Å². The van der Waals surface area contributed by atoms with Crippen molar-refractivity contribution in [3.8, 4) is 0 Å². The lowest BCUT2D eigenvalue weighted by molar-refractivity contribution is 0.290. The molecule has 0 bridgehead atoms. The molecule has 2 aliphatic rings. The van der Waals surface area contributed by atoms with Crippen LogP contribution >= 0.6 is 0 Å². The molecule has 2 nitrogen and oxygen atoms in total. The predicted octanol–water partition coefficient (Wildman–Crippen LogP) is 5.19. The van der Waals surface area contributed by atoms with Crippen molar-refractivity contribution in [1.29, 1.82) is 0 Å². The maximum absolute atomic E-state index is 3.84. The maximum atomic E-state index is 3.84. The highest BCUT2D eigenvalue weighted by Gasteiger charge is 2.31. The smallest absolute Gasteiger partial charge is 0.0127 e. The average molecular weight is 321 g/mol. The van der Waals surface area contributed by atoms with Crippen molar-refractivity contribution < 1.29 is 0 Å². The second-order valence-corrected chi connectivity index (χ2v) is 9.64. The molecule has 2 N–H and O–H groups in total. The first-order valence-corrected chi connectivity index (χ1v) is 9.94. The van der Waals surface area contributed by atoms with E-state index >= 15 is 0 Å². The van der Waals surface area contributed by atoms with E-state index in [0.717, 1.165) is 18.5 Å². The third-order valence-corrected chi connectivity index (χ3v) is 5.41. The first kappa shape index (κ1) is 19.0. The van der Waals surface area contributed by atoms with Crippen LogP contribution in [0.3, 0.4) is 0 Å². The zero-order valence-corrected chi connectivity index (χ0v) is 16.3. The van der Waals surface area contributed by atoms with Gasteiger partial charge >= 0.3 is 0 Å². The van der Waals surface area contributed by atoms with Crippen LogP contribution in [-0.4, -0.2) is 23.7 Å². The molecular weight excluding hydrogens is 280 g/mol. The highest BCUT2D eigenvalue weighted by molar-refractivity contribution is 5.05. The maximum Gasteiger partial charge on any atom is 0.0127 e. The van der Waals surface area contributed by atoms with Gasteiger partial charge in [0.2, 0.25) is 0 Å². The number of nitrogens with one attached hydrogen (secondary N) is 2. The molecule has 2 atom stereocenters. The van der Waals surface area contributed by atoms with Crippen LogP contribution in [0.5, 0.6) is 0 Å². The van der Waals surface area contributed by atoms with Crippen LogP contribution < -0.4 is 10.6 Å². The fourth-order valence-electron chi connectivity index (χ4n) is 4.49. The van der Waals surface area contributed by atoms with Crippen LogP contribution in [-0.2, 0) is 0 Å². The fourth-order valence-corrected chi connectivity index (χ4v) is 4.49. The van der Waals surface area contributed by atoms with E-state index in [4.69, 9.17) is 0 Å². The van der Waals surface area contributed by atoms with Gasteiger partial charge in [0.15, 0.2) is 0 Å². The second kappa shape index (κ2) is 8.16. The Labute approximate surface area is 144 Å². The summed E-state index contributed by atoms with van der Waals surface area (Å²) in [7, 11) is 0. The van der Waals surface area contributed by atoms with E-state index in [9.17, 15) is 0 Å². The van der Waals surface area contributed by atoms with Gasteiger partial charge in [-0.05, 0) is 105 Å². The van der Waals surface area contributed by atoms with Crippen LogP contribution in [0, 0.1) is 5.92 Å². The third kappa shape index (κ3) is 7.39. The summed E-state index contributed by atoms with van der Waals surface area (Å²) < 4.78 is 0. The van der Waals surface area contributed by atoms with Gasteiger partial charge in [0.25, 0.3) is 0 Å². The summed E-state index contributed by atoms with van der Waals surface area (Å²) in [5, 5.41) is 7.63. The first-order chi connectivity index (χ1) is 10.7. The summed E-state index contributed by atoms with van der Waals surface area (Å²) in [6.07, 6.45) is 14.6. The van der Waals surface area contributed by atoms with E-state index in [1.807, 2.05) is 0 Å². The molecule has 0 aromatic carbocycles. The summed E-state index contributed by atoms with van der Waals surface area (Å²) in [6.45, 7) is 12.8. The Hall–Kier alpha value is -0.340. The third-order valence-electron chi connectivity index (χ3n) is 5.41. The van der Waals surface area contributed by atoms with E-state index in [-0.39, 0.29) is 11.1 Å². The number of hydrogen-bond donors (Lipinski definition) is 2.